The molecule has 0 amide bonds. The second-order valence-corrected chi connectivity index (χ2v) is 2.81. The van der Waals surface area contributed by atoms with Crippen LogP contribution in [0.15, 0.2) is 0 Å². The van der Waals surface area contributed by atoms with Gasteiger partial charge in [0.1, 0.15) is 5.78 Å². The molecular formula is C9H19NO2. The van der Waals surface area contributed by atoms with Gasteiger partial charge in [-0.3, -0.25) is 4.79 Å². The van der Waals surface area contributed by atoms with Crippen LogP contribution < -0.4 is 5.32 Å². The Morgan fingerprint density at radius 1 is 1.50 bits per heavy atom. The van der Waals surface area contributed by atoms with E-state index in [0.717, 1.165) is 19.4 Å². The van der Waals surface area contributed by atoms with Crippen molar-refractivity contribution in [1.29, 1.82) is 0 Å². The highest BCUT2D eigenvalue weighted by Crippen LogP contribution is 1.93. The molecule has 0 rings (SSSR count). The van der Waals surface area contributed by atoms with Gasteiger partial charge < -0.3 is 10.1 Å². The van der Waals surface area contributed by atoms with Crippen LogP contribution in [-0.4, -0.2) is 32.6 Å². The van der Waals surface area contributed by atoms with Gasteiger partial charge in [0, 0.05) is 20.1 Å². The number of ether oxygens (including phenoxy) is 1. The third-order valence-corrected chi connectivity index (χ3v) is 1.61. The van der Waals surface area contributed by atoms with Crippen molar-refractivity contribution in [2.75, 3.05) is 26.8 Å². The van der Waals surface area contributed by atoms with E-state index in [-0.39, 0.29) is 0 Å². The number of ketones is 1. The van der Waals surface area contributed by atoms with Gasteiger partial charge in [-0.05, 0) is 6.42 Å². The first kappa shape index (κ1) is 11.6. The summed E-state index contributed by atoms with van der Waals surface area (Å²) in [6, 6.07) is 0. The number of hydrogen-bond donors (Lipinski definition) is 1. The minimum absolute atomic E-state index is 0.299. The van der Waals surface area contributed by atoms with Crippen LogP contribution >= 0.6 is 0 Å². The molecular weight excluding hydrogens is 154 g/mol. The summed E-state index contributed by atoms with van der Waals surface area (Å²) in [5.41, 5.74) is 0. The molecule has 0 heterocycles. The molecule has 1 N–H and O–H groups in total. The number of methoxy groups -OCH3 is 1. The molecule has 3 nitrogen and oxygen atoms in total. The van der Waals surface area contributed by atoms with E-state index in [1.54, 1.807) is 7.11 Å². The maximum Gasteiger partial charge on any atom is 0.146 e. The smallest absolute Gasteiger partial charge is 0.146 e. The van der Waals surface area contributed by atoms with E-state index >= 15 is 0 Å². The number of unbranched alkanes of at least 4 members (excludes halogenated alkanes) is 1. The summed E-state index contributed by atoms with van der Waals surface area (Å²) in [4.78, 5) is 11.1. The van der Waals surface area contributed by atoms with E-state index in [1.807, 2.05) is 0 Å². The van der Waals surface area contributed by atoms with Crippen LogP contribution in [0.2, 0.25) is 0 Å². The van der Waals surface area contributed by atoms with Crippen LogP contribution in [0, 0.1) is 0 Å². The zero-order valence-corrected chi connectivity index (χ0v) is 8.06. The molecule has 0 bridgehead atoms. The molecule has 0 saturated carbocycles. The Hall–Kier alpha value is -0.410. The van der Waals surface area contributed by atoms with Crippen LogP contribution in [-0.2, 0) is 9.53 Å². The minimum atomic E-state index is 0.299. The fraction of sp³-hybridized carbons (Fsp3) is 0.889. The third-order valence-electron chi connectivity index (χ3n) is 1.61. The van der Waals surface area contributed by atoms with E-state index in [4.69, 9.17) is 4.74 Å². The fourth-order valence-electron chi connectivity index (χ4n) is 0.864. The largest absolute Gasteiger partial charge is 0.383 e. The van der Waals surface area contributed by atoms with Crippen molar-refractivity contribution in [3.8, 4) is 0 Å². The van der Waals surface area contributed by atoms with Crippen molar-refractivity contribution in [2.24, 2.45) is 0 Å². The van der Waals surface area contributed by atoms with E-state index < -0.39 is 0 Å². The Bertz CT molecular complexity index is 115. The van der Waals surface area contributed by atoms with Crippen LogP contribution in [0.3, 0.4) is 0 Å². The summed E-state index contributed by atoms with van der Waals surface area (Å²) < 4.78 is 4.83. The van der Waals surface area contributed by atoms with Crippen LogP contribution in [0.5, 0.6) is 0 Å². The van der Waals surface area contributed by atoms with Crippen LogP contribution in [0.4, 0.5) is 0 Å². The van der Waals surface area contributed by atoms with Gasteiger partial charge in [0.25, 0.3) is 0 Å². The molecule has 0 atom stereocenters. The van der Waals surface area contributed by atoms with Gasteiger partial charge in [-0.1, -0.05) is 13.3 Å². The number of carbonyl (C=O) groups is 1. The number of hydrogen-bond acceptors (Lipinski definition) is 3. The minimum Gasteiger partial charge on any atom is -0.383 e. The molecule has 0 aromatic carbocycles. The van der Waals surface area contributed by atoms with E-state index in [0.29, 0.717) is 25.4 Å². The SMILES string of the molecule is CCCCC(=O)CNCCOC. The Morgan fingerprint density at radius 3 is 2.83 bits per heavy atom. The van der Waals surface area contributed by atoms with Crippen LogP contribution in [0.1, 0.15) is 26.2 Å². The Kier molecular flexibility index (Phi) is 8.39. The predicted molar refractivity (Wildman–Crippen MR) is 49.3 cm³/mol. The Labute approximate surface area is 74.5 Å². The van der Waals surface area contributed by atoms with Gasteiger partial charge in [0.15, 0.2) is 0 Å². The maximum atomic E-state index is 11.1. The zero-order valence-electron chi connectivity index (χ0n) is 8.06. The highest BCUT2D eigenvalue weighted by atomic mass is 16.5. The molecule has 0 aliphatic rings. The molecule has 0 unspecified atom stereocenters. The molecule has 0 spiro atoms. The summed E-state index contributed by atoms with van der Waals surface area (Å²) in [5, 5.41) is 3.02. The maximum absolute atomic E-state index is 11.1. The summed E-state index contributed by atoms with van der Waals surface area (Å²) in [7, 11) is 1.65. The summed E-state index contributed by atoms with van der Waals surface area (Å²) in [6.45, 7) is 4.00. The van der Waals surface area contributed by atoms with E-state index in [2.05, 4.69) is 12.2 Å². The number of rotatable bonds is 8. The summed E-state index contributed by atoms with van der Waals surface area (Å²) in [5.74, 6) is 0.299. The molecule has 0 fully saturated rings. The molecule has 0 aromatic heterocycles. The lowest BCUT2D eigenvalue weighted by Crippen LogP contribution is -2.26. The highest BCUT2D eigenvalue weighted by molar-refractivity contribution is 5.80. The van der Waals surface area contributed by atoms with Gasteiger partial charge in [-0.25, -0.2) is 0 Å². The van der Waals surface area contributed by atoms with Gasteiger partial charge >= 0.3 is 0 Å². The van der Waals surface area contributed by atoms with Crippen molar-refractivity contribution in [3.63, 3.8) is 0 Å². The molecule has 0 aliphatic heterocycles. The second-order valence-electron chi connectivity index (χ2n) is 2.81. The van der Waals surface area contributed by atoms with Gasteiger partial charge in [0.05, 0.1) is 13.2 Å². The normalized spacial score (nSPS) is 10.2. The third kappa shape index (κ3) is 7.69. The molecule has 0 aromatic rings. The summed E-state index contributed by atoms with van der Waals surface area (Å²) in [6.07, 6.45) is 2.80. The van der Waals surface area contributed by atoms with Gasteiger partial charge in [-0.15, -0.1) is 0 Å². The molecule has 72 valence electrons. The van der Waals surface area contributed by atoms with Gasteiger partial charge in [0.2, 0.25) is 0 Å². The predicted octanol–water partition coefficient (Wildman–Crippen LogP) is 0.982. The first-order valence-electron chi connectivity index (χ1n) is 4.52. The fourth-order valence-corrected chi connectivity index (χ4v) is 0.864. The van der Waals surface area contributed by atoms with Crippen LogP contribution in [0.25, 0.3) is 0 Å². The first-order valence-corrected chi connectivity index (χ1v) is 4.52. The molecule has 12 heavy (non-hydrogen) atoms. The van der Waals surface area contributed by atoms with Crippen molar-refractivity contribution >= 4 is 5.78 Å². The number of Topliss-reactive ketones (excluding diaryl/α,β-unsaturated/α-hetero) is 1. The average Bonchev–Trinajstić information content (AvgIpc) is 2.09. The highest BCUT2D eigenvalue weighted by Gasteiger charge is 1.98. The number of carbonyl (C=O) groups excluding carboxylic acids is 1. The van der Waals surface area contributed by atoms with Crippen molar-refractivity contribution in [2.45, 2.75) is 26.2 Å². The molecule has 0 radical (unpaired) electrons. The Balaban J connectivity index is 3.08. The van der Waals surface area contributed by atoms with Crippen molar-refractivity contribution in [1.82, 2.24) is 5.32 Å². The summed E-state index contributed by atoms with van der Waals surface area (Å²) >= 11 is 0. The second kappa shape index (κ2) is 8.68. The van der Waals surface area contributed by atoms with E-state index in [9.17, 15) is 4.79 Å². The van der Waals surface area contributed by atoms with Crippen molar-refractivity contribution in [3.05, 3.63) is 0 Å². The lowest BCUT2D eigenvalue weighted by Gasteiger charge is -2.02. The van der Waals surface area contributed by atoms with Crippen molar-refractivity contribution < 1.29 is 9.53 Å². The topological polar surface area (TPSA) is 38.3 Å². The quantitative estimate of drug-likeness (QED) is 0.556. The first-order chi connectivity index (χ1) is 5.81. The molecule has 0 saturated heterocycles. The lowest BCUT2D eigenvalue weighted by molar-refractivity contribution is -0.118. The molecule has 0 aliphatic carbocycles. The zero-order chi connectivity index (χ0) is 9.23. The standard InChI is InChI=1S/C9H19NO2/c1-3-4-5-9(11)8-10-6-7-12-2/h10H,3-8H2,1-2H3. The monoisotopic (exact) mass is 173 g/mol. The van der Waals surface area contributed by atoms with Gasteiger partial charge in [-0.2, -0.15) is 0 Å². The van der Waals surface area contributed by atoms with E-state index in [1.165, 1.54) is 0 Å². The molecule has 3 heteroatoms. The average molecular weight is 173 g/mol. The Morgan fingerprint density at radius 2 is 2.25 bits per heavy atom. The lowest BCUT2D eigenvalue weighted by atomic mass is 10.2. The number of nitrogens with one attached hydrogen (secondary N) is 1.